The summed E-state index contributed by atoms with van der Waals surface area (Å²) in [6.07, 6.45) is -4.50. The van der Waals surface area contributed by atoms with E-state index in [1.54, 1.807) is 6.92 Å². The molecule has 0 fully saturated rings. The standard InChI is InChI=1S/C20H15ClF3NOS/c1-12(27-16-8-6-13-4-2-3-5-14(13)10-16)19(26)25-18-11-15(20(22,23)24)7-9-17(18)21/h2-12H,1H3,(H,25,26)/t12-/m0/s1. The fraction of sp³-hybridized carbons (Fsp3) is 0.150. The van der Waals surface area contributed by atoms with Gasteiger partial charge in [-0.05, 0) is 48.0 Å². The summed E-state index contributed by atoms with van der Waals surface area (Å²) in [5.74, 6) is -0.422. The van der Waals surface area contributed by atoms with Crippen molar-refractivity contribution in [3.05, 3.63) is 71.2 Å². The van der Waals surface area contributed by atoms with E-state index in [-0.39, 0.29) is 10.7 Å². The van der Waals surface area contributed by atoms with Gasteiger partial charge in [-0.1, -0.05) is 41.9 Å². The van der Waals surface area contributed by atoms with Crippen molar-refractivity contribution < 1.29 is 18.0 Å². The summed E-state index contributed by atoms with van der Waals surface area (Å²) >= 11 is 7.26. The van der Waals surface area contributed by atoms with Crippen LogP contribution in [0.25, 0.3) is 10.8 Å². The van der Waals surface area contributed by atoms with Crippen molar-refractivity contribution in [3.63, 3.8) is 0 Å². The molecule has 3 aromatic carbocycles. The van der Waals surface area contributed by atoms with Gasteiger partial charge < -0.3 is 5.32 Å². The predicted molar refractivity (Wildman–Crippen MR) is 104 cm³/mol. The Balaban J connectivity index is 1.73. The Bertz CT molecular complexity index is 990. The van der Waals surface area contributed by atoms with Crippen LogP contribution in [0.2, 0.25) is 5.02 Å². The van der Waals surface area contributed by atoms with Crippen LogP contribution in [0.5, 0.6) is 0 Å². The van der Waals surface area contributed by atoms with Gasteiger partial charge in [-0.15, -0.1) is 11.8 Å². The molecule has 140 valence electrons. The number of carbonyl (C=O) groups is 1. The van der Waals surface area contributed by atoms with Crippen molar-refractivity contribution in [1.82, 2.24) is 0 Å². The maximum Gasteiger partial charge on any atom is 0.416 e. The van der Waals surface area contributed by atoms with Crippen LogP contribution in [-0.4, -0.2) is 11.2 Å². The van der Waals surface area contributed by atoms with Gasteiger partial charge in [0.25, 0.3) is 0 Å². The molecular formula is C20H15ClF3NOS. The Morgan fingerprint density at radius 1 is 1.04 bits per heavy atom. The Morgan fingerprint density at radius 3 is 2.44 bits per heavy atom. The zero-order chi connectivity index (χ0) is 19.6. The van der Waals surface area contributed by atoms with E-state index in [0.717, 1.165) is 33.9 Å². The molecule has 0 spiro atoms. The van der Waals surface area contributed by atoms with Crippen LogP contribution >= 0.6 is 23.4 Å². The second-order valence-corrected chi connectivity index (χ2v) is 7.77. The van der Waals surface area contributed by atoms with E-state index in [1.165, 1.54) is 11.8 Å². The third kappa shape index (κ3) is 4.76. The number of fused-ring (bicyclic) bond motifs is 1. The number of benzene rings is 3. The second-order valence-electron chi connectivity index (χ2n) is 5.95. The third-order valence-electron chi connectivity index (χ3n) is 3.95. The Hall–Kier alpha value is -2.18. The molecular weight excluding hydrogens is 395 g/mol. The van der Waals surface area contributed by atoms with Crippen LogP contribution in [0, 0.1) is 0 Å². The molecule has 0 heterocycles. The first kappa shape index (κ1) is 19.6. The minimum absolute atomic E-state index is 0.0533. The zero-order valence-electron chi connectivity index (χ0n) is 14.2. The van der Waals surface area contributed by atoms with Gasteiger partial charge >= 0.3 is 6.18 Å². The highest BCUT2D eigenvalue weighted by Crippen LogP contribution is 2.34. The van der Waals surface area contributed by atoms with E-state index < -0.39 is 22.9 Å². The molecule has 2 nitrogen and oxygen atoms in total. The smallest absolute Gasteiger partial charge is 0.324 e. The van der Waals surface area contributed by atoms with Gasteiger partial charge in [0, 0.05) is 4.90 Å². The van der Waals surface area contributed by atoms with Crippen LogP contribution in [0.3, 0.4) is 0 Å². The number of hydrogen-bond donors (Lipinski definition) is 1. The fourth-order valence-electron chi connectivity index (χ4n) is 2.53. The van der Waals surface area contributed by atoms with Gasteiger partial charge in [-0.25, -0.2) is 0 Å². The van der Waals surface area contributed by atoms with E-state index in [2.05, 4.69) is 5.32 Å². The third-order valence-corrected chi connectivity index (χ3v) is 5.38. The number of thioether (sulfide) groups is 1. The monoisotopic (exact) mass is 409 g/mol. The van der Waals surface area contributed by atoms with E-state index >= 15 is 0 Å². The largest absolute Gasteiger partial charge is 0.416 e. The van der Waals surface area contributed by atoms with Crippen LogP contribution in [0.15, 0.2) is 65.6 Å². The summed E-state index contributed by atoms with van der Waals surface area (Å²) in [4.78, 5) is 13.3. The maximum atomic E-state index is 12.9. The summed E-state index contributed by atoms with van der Waals surface area (Å²) in [6, 6.07) is 16.6. The molecule has 7 heteroatoms. The normalized spacial score (nSPS) is 12.8. The molecule has 0 bridgehead atoms. The highest BCUT2D eigenvalue weighted by Gasteiger charge is 2.31. The molecule has 0 aliphatic heterocycles. The molecule has 3 aromatic rings. The van der Waals surface area contributed by atoms with Gasteiger partial charge in [0.2, 0.25) is 5.91 Å². The lowest BCUT2D eigenvalue weighted by atomic mass is 10.1. The number of hydrogen-bond acceptors (Lipinski definition) is 2. The number of carbonyl (C=O) groups excluding carboxylic acids is 1. The molecule has 0 saturated heterocycles. The van der Waals surface area contributed by atoms with Gasteiger partial charge in [-0.3, -0.25) is 4.79 Å². The van der Waals surface area contributed by atoms with Crippen molar-refractivity contribution >= 4 is 45.7 Å². The highest BCUT2D eigenvalue weighted by atomic mass is 35.5. The zero-order valence-corrected chi connectivity index (χ0v) is 15.8. The first-order valence-corrected chi connectivity index (χ1v) is 9.33. The van der Waals surface area contributed by atoms with Crippen LogP contribution in [-0.2, 0) is 11.0 Å². The van der Waals surface area contributed by atoms with Crippen LogP contribution in [0.1, 0.15) is 12.5 Å². The minimum Gasteiger partial charge on any atom is -0.324 e. The lowest BCUT2D eigenvalue weighted by Crippen LogP contribution is -2.22. The maximum absolute atomic E-state index is 12.9. The van der Waals surface area contributed by atoms with Gasteiger partial charge in [0.1, 0.15) is 0 Å². The van der Waals surface area contributed by atoms with Gasteiger partial charge in [0.05, 0.1) is 21.5 Å². The first-order valence-electron chi connectivity index (χ1n) is 8.07. The van der Waals surface area contributed by atoms with E-state index in [1.807, 2.05) is 42.5 Å². The average Bonchev–Trinajstić information content (AvgIpc) is 2.62. The predicted octanol–water partition coefficient (Wildman–Crippen LogP) is 6.63. The topological polar surface area (TPSA) is 29.1 Å². The van der Waals surface area contributed by atoms with Crippen molar-refractivity contribution in [2.45, 2.75) is 23.2 Å². The minimum atomic E-state index is -4.50. The van der Waals surface area contributed by atoms with E-state index in [4.69, 9.17) is 11.6 Å². The van der Waals surface area contributed by atoms with Crippen LogP contribution < -0.4 is 5.32 Å². The fourth-order valence-corrected chi connectivity index (χ4v) is 3.61. The van der Waals surface area contributed by atoms with E-state index in [9.17, 15) is 18.0 Å². The first-order chi connectivity index (χ1) is 12.7. The molecule has 1 amide bonds. The summed E-state index contributed by atoms with van der Waals surface area (Å²) in [6.45, 7) is 1.69. The van der Waals surface area contributed by atoms with Crippen molar-refractivity contribution in [2.24, 2.45) is 0 Å². The number of halogens is 4. The molecule has 0 saturated carbocycles. The molecule has 27 heavy (non-hydrogen) atoms. The summed E-state index contributed by atoms with van der Waals surface area (Å²) in [7, 11) is 0. The van der Waals surface area contributed by atoms with Crippen molar-refractivity contribution in [2.75, 3.05) is 5.32 Å². The number of rotatable bonds is 4. The highest BCUT2D eigenvalue weighted by molar-refractivity contribution is 8.00. The molecule has 1 atom stereocenters. The number of amides is 1. The molecule has 1 N–H and O–H groups in total. The summed E-state index contributed by atoms with van der Waals surface area (Å²) in [5.41, 5.74) is -0.917. The summed E-state index contributed by atoms with van der Waals surface area (Å²) < 4.78 is 38.6. The summed E-state index contributed by atoms with van der Waals surface area (Å²) in [5, 5.41) is 4.17. The van der Waals surface area contributed by atoms with Gasteiger partial charge in [0.15, 0.2) is 0 Å². The lowest BCUT2D eigenvalue weighted by Gasteiger charge is -2.15. The Morgan fingerprint density at radius 2 is 1.74 bits per heavy atom. The molecule has 0 aliphatic rings. The lowest BCUT2D eigenvalue weighted by molar-refractivity contribution is -0.137. The number of alkyl halides is 3. The molecule has 0 aliphatic carbocycles. The number of anilines is 1. The average molecular weight is 410 g/mol. The molecule has 0 radical (unpaired) electrons. The molecule has 3 rings (SSSR count). The quantitative estimate of drug-likeness (QED) is 0.490. The Labute approximate surface area is 163 Å². The second kappa shape index (κ2) is 7.82. The van der Waals surface area contributed by atoms with Gasteiger partial charge in [-0.2, -0.15) is 13.2 Å². The van der Waals surface area contributed by atoms with Crippen molar-refractivity contribution in [1.29, 1.82) is 0 Å². The van der Waals surface area contributed by atoms with E-state index in [0.29, 0.717) is 0 Å². The van der Waals surface area contributed by atoms with Crippen molar-refractivity contribution in [3.8, 4) is 0 Å². The Kier molecular flexibility index (Phi) is 5.67. The van der Waals surface area contributed by atoms with Crippen LogP contribution in [0.4, 0.5) is 18.9 Å². The molecule has 0 aromatic heterocycles. The number of nitrogens with one attached hydrogen (secondary N) is 1. The SMILES string of the molecule is C[C@H](Sc1ccc2ccccc2c1)C(=O)Nc1cc(C(F)(F)F)ccc1Cl. The molecule has 0 unspecified atom stereocenters.